The summed E-state index contributed by atoms with van der Waals surface area (Å²) in [6, 6.07) is 9.64. The minimum atomic E-state index is -0.448. The second kappa shape index (κ2) is 9.03. The molecule has 1 aliphatic rings. The van der Waals surface area contributed by atoms with Gasteiger partial charge in [-0.1, -0.05) is 18.2 Å². The quantitative estimate of drug-likeness (QED) is 0.797. The van der Waals surface area contributed by atoms with Crippen LogP contribution in [0.4, 0.5) is 0 Å². The minimum absolute atomic E-state index is 0.344. The van der Waals surface area contributed by atoms with Crippen LogP contribution in [0.1, 0.15) is 19.8 Å². The Labute approximate surface area is 127 Å². The Hall–Kier alpha value is -1.10. The van der Waals surface area contributed by atoms with Gasteiger partial charge in [0.15, 0.2) is 0 Å². The number of hydrogen-bond donors (Lipinski definition) is 1. The Morgan fingerprint density at radius 2 is 2.14 bits per heavy atom. The van der Waals surface area contributed by atoms with Gasteiger partial charge in [0.05, 0.1) is 6.61 Å². The highest BCUT2D eigenvalue weighted by Crippen LogP contribution is 2.17. The van der Waals surface area contributed by atoms with Crippen LogP contribution in [0.25, 0.3) is 0 Å². The Morgan fingerprint density at radius 3 is 2.90 bits per heavy atom. The van der Waals surface area contributed by atoms with Crippen LogP contribution in [0.5, 0.6) is 5.75 Å². The molecule has 4 heteroatoms. The summed E-state index contributed by atoms with van der Waals surface area (Å²) < 4.78 is 11.1. The molecule has 4 nitrogen and oxygen atoms in total. The second-order valence-electron chi connectivity index (χ2n) is 5.71. The number of β-amino-alcohol motifs (C(OH)–C–C–N with tert-alkyl or cyclic N) is 1. The topological polar surface area (TPSA) is 41.9 Å². The maximum atomic E-state index is 10.1. The van der Waals surface area contributed by atoms with Crippen molar-refractivity contribution in [2.24, 2.45) is 5.92 Å². The van der Waals surface area contributed by atoms with Crippen molar-refractivity contribution < 1.29 is 14.6 Å². The van der Waals surface area contributed by atoms with Gasteiger partial charge in [-0.2, -0.15) is 0 Å². The maximum absolute atomic E-state index is 10.1. The van der Waals surface area contributed by atoms with Crippen molar-refractivity contribution in [3.63, 3.8) is 0 Å². The number of rotatable bonds is 8. The molecule has 0 radical (unpaired) electrons. The first-order valence-corrected chi connectivity index (χ1v) is 7.94. The molecule has 1 N–H and O–H groups in total. The number of para-hydroxylation sites is 1. The van der Waals surface area contributed by atoms with Gasteiger partial charge >= 0.3 is 0 Å². The Balaban J connectivity index is 1.68. The summed E-state index contributed by atoms with van der Waals surface area (Å²) >= 11 is 0. The zero-order chi connectivity index (χ0) is 14.9. The van der Waals surface area contributed by atoms with Gasteiger partial charge in [-0.25, -0.2) is 0 Å². The highest BCUT2D eigenvalue weighted by atomic mass is 16.5. The fraction of sp³-hybridized carbons (Fsp3) is 0.647. The van der Waals surface area contributed by atoms with Crippen molar-refractivity contribution in [3.05, 3.63) is 30.3 Å². The van der Waals surface area contributed by atoms with Crippen molar-refractivity contribution in [3.8, 4) is 5.75 Å². The molecular formula is C17H27NO3. The molecule has 0 aromatic heterocycles. The summed E-state index contributed by atoms with van der Waals surface area (Å²) in [5.74, 6) is 1.41. The molecule has 2 atom stereocenters. The van der Waals surface area contributed by atoms with E-state index in [4.69, 9.17) is 9.47 Å². The maximum Gasteiger partial charge on any atom is 0.119 e. The Morgan fingerprint density at radius 1 is 1.33 bits per heavy atom. The summed E-state index contributed by atoms with van der Waals surface area (Å²) in [6.45, 7) is 6.75. The monoisotopic (exact) mass is 293 g/mol. The summed E-state index contributed by atoms with van der Waals surface area (Å²) in [6.07, 6.45) is 1.97. The number of aliphatic hydroxyl groups is 1. The van der Waals surface area contributed by atoms with E-state index in [1.54, 1.807) is 0 Å². The molecule has 1 saturated heterocycles. The number of aliphatic hydroxyl groups excluding tert-OH is 1. The Bertz CT molecular complexity index is 385. The average Bonchev–Trinajstić information content (AvgIpc) is 2.52. The lowest BCUT2D eigenvalue weighted by Gasteiger charge is -2.33. The van der Waals surface area contributed by atoms with Gasteiger partial charge in [0.2, 0.25) is 0 Å². The molecule has 0 saturated carbocycles. The number of likely N-dealkylation sites (tertiary alicyclic amines) is 1. The minimum Gasteiger partial charge on any atom is -0.491 e. The van der Waals surface area contributed by atoms with Gasteiger partial charge in [-0.05, 0) is 44.4 Å². The molecule has 1 aliphatic heterocycles. The van der Waals surface area contributed by atoms with Crippen LogP contribution >= 0.6 is 0 Å². The lowest BCUT2D eigenvalue weighted by atomic mass is 9.99. The zero-order valence-corrected chi connectivity index (χ0v) is 12.9. The van der Waals surface area contributed by atoms with E-state index in [-0.39, 0.29) is 0 Å². The van der Waals surface area contributed by atoms with Crippen molar-refractivity contribution in [2.75, 3.05) is 39.5 Å². The van der Waals surface area contributed by atoms with Crippen molar-refractivity contribution in [2.45, 2.75) is 25.9 Å². The van der Waals surface area contributed by atoms with Crippen LogP contribution in [0.3, 0.4) is 0 Å². The summed E-state index contributed by atoms with van der Waals surface area (Å²) in [4.78, 5) is 2.33. The second-order valence-corrected chi connectivity index (χ2v) is 5.71. The van der Waals surface area contributed by atoms with Crippen molar-refractivity contribution in [1.82, 2.24) is 4.90 Å². The van der Waals surface area contributed by atoms with Gasteiger partial charge in [0.1, 0.15) is 18.5 Å². The van der Waals surface area contributed by atoms with Gasteiger partial charge in [-0.15, -0.1) is 0 Å². The van der Waals surface area contributed by atoms with Crippen LogP contribution < -0.4 is 4.74 Å². The molecule has 2 unspecified atom stereocenters. The van der Waals surface area contributed by atoms with Gasteiger partial charge in [0.25, 0.3) is 0 Å². The highest BCUT2D eigenvalue weighted by Gasteiger charge is 2.21. The molecule has 1 fully saturated rings. The molecule has 1 heterocycles. The third-order valence-corrected chi connectivity index (χ3v) is 3.82. The predicted molar refractivity (Wildman–Crippen MR) is 83.6 cm³/mol. The van der Waals surface area contributed by atoms with E-state index in [1.807, 2.05) is 37.3 Å². The van der Waals surface area contributed by atoms with Crippen LogP contribution in [0.15, 0.2) is 30.3 Å². The predicted octanol–water partition coefficient (Wildman–Crippen LogP) is 2.17. The first kappa shape index (κ1) is 16.3. The molecular weight excluding hydrogens is 266 g/mol. The lowest BCUT2D eigenvalue weighted by molar-refractivity contribution is 0.0301. The van der Waals surface area contributed by atoms with Crippen LogP contribution in [-0.2, 0) is 4.74 Å². The molecule has 2 rings (SSSR count). The zero-order valence-electron chi connectivity index (χ0n) is 12.9. The van der Waals surface area contributed by atoms with Crippen molar-refractivity contribution in [1.29, 1.82) is 0 Å². The van der Waals surface area contributed by atoms with Crippen LogP contribution in [-0.4, -0.2) is 55.6 Å². The number of benzene rings is 1. The molecule has 118 valence electrons. The normalized spacial score (nSPS) is 21.1. The number of ether oxygens (including phenoxy) is 2. The van der Waals surface area contributed by atoms with Crippen LogP contribution in [0.2, 0.25) is 0 Å². The fourth-order valence-corrected chi connectivity index (χ4v) is 2.80. The number of piperidine rings is 1. The van der Waals surface area contributed by atoms with Crippen LogP contribution in [0, 0.1) is 5.92 Å². The van der Waals surface area contributed by atoms with Gasteiger partial charge in [-0.3, -0.25) is 0 Å². The van der Waals surface area contributed by atoms with E-state index in [9.17, 15) is 5.11 Å². The lowest BCUT2D eigenvalue weighted by Crippen LogP contribution is -2.42. The molecule has 21 heavy (non-hydrogen) atoms. The van der Waals surface area contributed by atoms with Crippen molar-refractivity contribution >= 4 is 0 Å². The van der Waals surface area contributed by atoms with Gasteiger partial charge in [0, 0.05) is 19.7 Å². The average molecular weight is 293 g/mol. The molecule has 0 bridgehead atoms. The largest absolute Gasteiger partial charge is 0.491 e. The molecule has 1 aromatic rings. The smallest absolute Gasteiger partial charge is 0.119 e. The third-order valence-electron chi connectivity index (χ3n) is 3.82. The molecule has 0 aliphatic carbocycles. The summed E-state index contributed by atoms with van der Waals surface area (Å²) in [5, 5.41) is 10.1. The third kappa shape index (κ3) is 6.04. The summed E-state index contributed by atoms with van der Waals surface area (Å²) in [7, 11) is 0. The fourth-order valence-electron chi connectivity index (χ4n) is 2.80. The standard InChI is InChI=1S/C17H27NO3/c1-2-20-13-15-7-6-10-18(11-15)12-16(19)14-21-17-8-4-3-5-9-17/h3-5,8-9,15-16,19H,2,6-7,10-14H2,1H3. The summed E-state index contributed by atoms with van der Waals surface area (Å²) in [5.41, 5.74) is 0. The van der Waals surface area contributed by atoms with E-state index in [0.29, 0.717) is 19.1 Å². The molecule has 0 amide bonds. The van der Waals surface area contributed by atoms with E-state index in [2.05, 4.69) is 4.90 Å². The van der Waals surface area contributed by atoms with E-state index < -0.39 is 6.10 Å². The first-order chi connectivity index (χ1) is 10.3. The number of hydrogen-bond acceptors (Lipinski definition) is 4. The van der Waals surface area contributed by atoms with Gasteiger partial charge < -0.3 is 19.5 Å². The molecule has 1 aromatic carbocycles. The van der Waals surface area contributed by atoms with E-state index in [1.165, 1.54) is 12.8 Å². The SMILES string of the molecule is CCOCC1CCCN(CC(O)COc2ccccc2)C1. The number of nitrogens with zero attached hydrogens (tertiary/aromatic N) is 1. The first-order valence-electron chi connectivity index (χ1n) is 7.94. The van der Waals surface area contributed by atoms with E-state index in [0.717, 1.165) is 32.1 Å². The highest BCUT2D eigenvalue weighted by molar-refractivity contribution is 5.20. The Kier molecular flexibility index (Phi) is 7.00. The van der Waals surface area contributed by atoms with E-state index >= 15 is 0 Å². The molecule has 0 spiro atoms.